The minimum atomic E-state index is 0.474. The number of thiazole rings is 1. The molecular formula is C55H72N12OS. The van der Waals surface area contributed by atoms with E-state index in [4.69, 9.17) is 5.73 Å². The molecule has 2 unspecified atom stereocenters. The topological polar surface area (TPSA) is 130 Å². The van der Waals surface area contributed by atoms with Crippen LogP contribution in [0.1, 0.15) is 61.2 Å². The number of fused-ring (bicyclic) bond motifs is 2. The Hall–Kier alpha value is -5.51. The number of piperazine rings is 2. The van der Waals surface area contributed by atoms with Gasteiger partial charge in [-0.25, -0.2) is 4.98 Å². The van der Waals surface area contributed by atoms with E-state index in [-0.39, 0.29) is 0 Å². The molecule has 0 radical (unpaired) electrons. The van der Waals surface area contributed by atoms with Gasteiger partial charge in [-0.3, -0.25) is 39.5 Å². The second-order valence-corrected chi connectivity index (χ2v) is 20.2. The van der Waals surface area contributed by atoms with Gasteiger partial charge in [-0.1, -0.05) is 38.1 Å². The summed E-state index contributed by atoms with van der Waals surface area (Å²) >= 11 is 1.69. The van der Waals surface area contributed by atoms with E-state index in [1.165, 1.54) is 58.9 Å². The summed E-state index contributed by atoms with van der Waals surface area (Å²) in [6.07, 6.45) is 16.5. The van der Waals surface area contributed by atoms with Crippen LogP contribution in [0, 0.1) is 0 Å². The predicted molar refractivity (Wildman–Crippen MR) is 282 cm³/mol. The van der Waals surface area contributed by atoms with Crippen molar-refractivity contribution in [3.63, 3.8) is 0 Å². The molecule has 0 saturated carbocycles. The molecule has 2 aliphatic carbocycles. The summed E-state index contributed by atoms with van der Waals surface area (Å²) in [7, 11) is 0. The maximum atomic E-state index is 10.2. The quantitative estimate of drug-likeness (QED) is 0.0980. The van der Waals surface area contributed by atoms with E-state index in [1.807, 2.05) is 73.3 Å². The van der Waals surface area contributed by atoms with E-state index in [9.17, 15) is 5.11 Å². The first-order valence-corrected chi connectivity index (χ1v) is 26.4. The largest absolute Gasteiger partial charge is 0.508 e. The average Bonchev–Trinajstić information content (AvgIpc) is 3.79. The Labute approximate surface area is 414 Å². The molecule has 3 N–H and O–H groups in total. The van der Waals surface area contributed by atoms with E-state index in [2.05, 4.69) is 98.5 Å². The molecule has 5 aromatic heterocycles. The summed E-state index contributed by atoms with van der Waals surface area (Å²) in [6, 6.07) is 27.6. The Balaban J connectivity index is 0.000000172. The fourth-order valence-electron chi connectivity index (χ4n) is 10.8. The third-order valence-corrected chi connectivity index (χ3v) is 15.6. The third-order valence-electron chi connectivity index (χ3n) is 14.6. The normalized spacial score (nSPS) is 18.7. The zero-order chi connectivity index (χ0) is 47.4. The number of aromatic nitrogens is 5. The van der Waals surface area contributed by atoms with Crippen LogP contribution in [0.4, 0.5) is 16.5 Å². The molecule has 14 heteroatoms. The van der Waals surface area contributed by atoms with Gasteiger partial charge in [0.25, 0.3) is 0 Å². The Morgan fingerprint density at radius 1 is 0.594 bits per heavy atom. The van der Waals surface area contributed by atoms with Gasteiger partial charge in [0, 0.05) is 108 Å². The highest BCUT2D eigenvalue weighted by molar-refractivity contribution is 7.15. The van der Waals surface area contributed by atoms with Crippen LogP contribution in [0.5, 0.6) is 5.75 Å². The first kappa shape index (κ1) is 48.5. The van der Waals surface area contributed by atoms with Crippen LogP contribution in [-0.4, -0.2) is 153 Å². The lowest BCUT2D eigenvalue weighted by atomic mass is 9.87. The van der Waals surface area contributed by atoms with Gasteiger partial charge < -0.3 is 20.6 Å². The molecule has 1 aromatic carbocycles. The van der Waals surface area contributed by atoms with E-state index in [0.717, 1.165) is 145 Å². The van der Waals surface area contributed by atoms with E-state index in [0.29, 0.717) is 17.8 Å². The van der Waals surface area contributed by atoms with E-state index < -0.39 is 0 Å². The number of nitrogens with zero attached hydrogens (tertiary/aromatic N) is 11. The molecule has 2 atom stereocenters. The van der Waals surface area contributed by atoms with Crippen LogP contribution >= 0.6 is 11.3 Å². The molecule has 0 bridgehead atoms. The smallest absolute Gasteiger partial charge is 0.180 e. The summed E-state index contributed by atoms with van der Waals surface area (Å²) < 4.78 is 0. The number of phenols is 1. The standard InChI is InChI=1S/C29H37N5O.C26H35N7S/c1-2-14-33(24-9-11-26-23(21-24)6-5-8-29(26)35)18-15-32-16-19-34(20-17-32)25-10-12-28(31-22-25)27-7-3-4-13-30-27;1-2-11-32(20-6-9-24-25(18-20)34-26(27)30-24)15-12-31-13-16-33(17-14-31)21-7-8-23(29-19-21)22-5-3-4-10-28-22/h3-8,10,12-13,22,24,35H,2,9,11,14-21H2,1H3;3-5,7-8,10,19-20H,2,6,9,11-18H2,1H3,(H2,27,30). The van der Waals surface area contributed by atoms with Crippen LogP contribution in [-0.2, 0) is 25.7 Å². The molecular weight excluding hydrogens is 877 g/mol. The number of phenolic OH excluding ortho intramolecular Hbond substituents is 1. The lowest BCUT2D eigenvalue weighted by Crippen LogP contribution is -2.50. The van der Waals surface area contributed by atoms with Gasteiger partial charge in [-0.15, -0.1) is 11.3 Å². The highest BCUT2D eigenvalue weighted by atomic mass is 32.1. The highest BCUT2D eigenvalue weighted by Crippen LogP contribution is 2.32. The number of pyridine rings is 4. The molecule has 2 saturated heterocycles. The summed E-state index contributed by atoms with van der Waals surface area (Å²) in [5.41, 5.74) is 15.8. The van der Waals surface area contributed by atoms with Crippen molar-refractivity contribution in [3.8, 4) is 28.5 Å². The Morgan fingerprint density at radius 2 is 1.13 bits per heavy atom. The van der Waals surface area contributed by atoms with Gasteiger partial charge in [0.15, 0.2) is 5.13 Å². The third kappa shape index (κ3) is 12.6. The number of aromatic hydroxyl groups is 1. The summed E-state index contributed by atoms with van der Waals surface area (Å²) in [4.78, 5) is 39.6. The molecule has 69 heavy (non-hydrogen) atoms. The maximum absolute atomic E-state index is 10.2. The number of benzene rings is 1. The zero-order valence-electron chi connectivity index (χ0n) is 40.9. The minimum Gasteiger partial charge on any atom is -0.508 e. The SMILES string of the molecule is CCCN(CCN1CCN(c2ccc(-c3ccccn3)nc2)CC1)C1CCc2c(O)cccc2C1.CCCN(CCN1CCN(c2ccc(-c3ccccn3)nc2)CC1)C1CCc2nc(N)sc2C1. The van der Waals surface area contributed by atoms with Gasteiger partial charge in [0.05, 0.1) is 52.2 Å². The lowest BCUT2D eigenvalue weighted by Gasteiger charge is -2.39. The fourth-order valence-corrected chi connectivity index (χ4v) is 11.7. The van der Waals surface area contributed by atoms with Crippen molar-refractivity contribution < 1.29 is 5.11 Å². The Morgan fingerprint density at radius 3 is 1.64 bits per heavy atom. The number of hydrogen-bond donors (Lipinski definition) is 2. The van der Waals surface area contributed by atoms with Crippen molar-refractivity contribution >= 4 is 27.8 Å². The van der Waals surface area contributed by atoms with Crippen LogP contribution in [0.25, 0.3) is 22.8 Å². The summed E-state index contributed by atoms with van der Waals surface area (Å²) in [5.74, 6) is 0.474. The summed E-state index contributed by atoms with van der Waals surface area (Å²) in [5, 5.41) is 10.9. The van der Waals surface area contributed by atoms with Crippen LogP contribution < -0.4 is 15.5 Å². The monoisotopic (exact) mass is 949 g/mol. The maximum Gasteiger partial charge on any atom is 0.180 e. The number of rotatable bonds is 16. The molecule has 13 nitrogen and oxygen atoms in total. The molecule has 2 fully saturated rings. The second kappa shape index (κ2) is 23.9. The lowest BCUT2D eigenvalue weighted by molar-refractivity contribution is 0.145. The molecule has 0 spiro atoms. The van der Waals surface area contributed by atoms with Crippen LogP contribution in [0.15, 0.2) is 104 Å². The number of hydrogen-bond acceptors (Lipinski definition) is 14. The minimum absolute atomic E-state index is 0.474. The van der Waals surface area contributed by atoms with Crippen LogP contribution in [0.3, 0.4) is 0 Å². The van der Waals surface area contributed by atoms with E-state index >= 15 is 0 Å². The Kier molecular flexibility index (Phi) is 16.8. The zero-order valence-corrected chi connectivity index (χ0v) is 41.7. The van der Waals surface area contributed by atoms with Crippen molar-refractivity contribution in [2.24, 2.45) is 0 Å². The molecule has 6 aromatic rings. The molecule has 0 amide bonds. The van der Waals surface area contributed by atoms with Gasteiger partial charge in [-0.2, -0.15) is 0 Å². The van der Waals surface area contributed by atoms with Gasteiger partial charge in [0.1, 0.15) is 5.75 Å². The molecule has 2 aliphatic heterocycles. The average molecular weight is 949 g/mol. The number of nitrogens with two attached hydrogens (primary N) is 1. The molecule has 4 aliphatic rings. The first-order chi connectivity index (χ1) is 33.9. The van der Waals surface area contributed by atoms with Crippen molar-refractivity contribution in [1.29, 1.82) is 0 Å². The second-order valence-electron chi connectivity index (χ2n) is 19.1. The number of aryl methyl sites for hydroxylation is 1. The van der Waals surface area contributed by atoms with Crippen molar-refractivity contribution in [1.82, 2.24) is 44.5 Å². The molecule has 364 valence electrons. The van der Waals surface area contributed by atoms with Crippen molar-refractivity contribution in [2.75, 3.05) is 107 Å². The number of anilines is 3. The van der Waals surface area contributed by atoms with Crippen molar-refractivity contribution in [3.05, 3.63) is 125 Å². The van der Waals surface area contributed by atoms with Crippen LogP contribution in [0.2, 0.25) is 0 Å². The highest BCUT2D eigenvalue weighted by Gasteiger charge is 2.29. The van der Waals surface area contributed by atoms with Gasteiger partial charge in [0.2, 0.25) is 0 Å². The predicted octanol–water partition coefficient (Wildman–Crippen LogP) is 7.81. The van der Waals surface area contributed by atoms with Crippen molar-refractivity contribution in [2.45, 2.75) is 77.3 Å². The fraction of sp³-hybridized carbons (Fsp3) is 0.473. The molecule has 7 heterocycles. The molecule has 10 rings (SSSR count). The summed E-state index contributed by atoms with van der Waals surface area (Å²) in [6.45, 7) is 19.9. The van der Waals surface area contributed by atoms with E-state index in [1.54, 1.807) is 11.3 Å². The Bertz CT molecular complexity index is 2470. The van der Waals surface area contributed by atoms with Gasteiger partial charge in [-0.05, 0) is 130 Å². The van der Waals surface area contributed by atoms with Gasteiger partial charge >= 0.3 is 0 Å². The first-order valence-electron chi connectivity index (χ1n) is 25.6. The number of nitrogen functional groups attached to an aromatic ring is 1.